The molecule has 4 heteroatoms. The molecule has 0 aliphatic rings. The molecule has 0 aliphatic carbocycles. The fourth-order valence-electron chi connectivity index (χ4n) is 1.66. The molecule has 19 heavy (non-hydrogen) atoms. The van der Waals surface area contributed by atoms with Gasteiger partial charge >= 0.3 is 0 Å². The van der Waals surface area contributed by atoms with Crippen LogP contribution >= 0.6 is 11.3 Å². The third-order valence-corrected chi connectivity index (χ3v) is 3.48. The van der Waals surface area contributed by atoms with E-state index in [1.807, 2.05) is 49.6 Å². The first-order valence-electron chi connectivity index (χ1n) is 6.00. The molecule has 0 bridgehead atoms. The highest BCUT2D eigenvalue weighted by atomic mass is 32.1. The van der Waals surface area contributed by atoms with Crippen LogP contribution < -0.4 is 4.74 Å². The largest absolute Gasteiger partial charge is 0.493 e. The number of aromatic nitrogens is 1. The summed E-state index contributed by atoms with van der Waals surface area (Å²) in [5.41, 5.74) is 2.39. The van der Waals surface area contributed by atoms with E-state index in [1.165, 1.54) is 11.3 Å². The predicted octanol–water partition coefficient (Wildman–Crippen LogP) is 3.91. The third kappa shape index (κ3) is 3.21. The Balaban J connectivity index is 2.41. The lowest BCUT2D eigenvalue weighted by molar-refractivity contribution is 0.339. The van der Waals surface area contributed by atoms with Crippen LogP contribution in [0.5, 0.6) is 5.75 Å². The Morgan fingerprint density at radius 3 is 2.89 bits per heavy atom. The Labute approximate surface area is 116 Å². The molecule has 0 amide bonds. The summed E-state index contributed by atoms with van der Waals surface area (Å²) in [5, 5.41) is 12.0. The molecule has 3 nitrogen and oxygen atoms in total. The summed E-state index contributed by atoms with van der Waals surface area (Å²) in [4.78, 5) is 4.34. The first-order valence-corrected chi connectivity index (χ1v) is 6.88. The van der Waals surface area contributed by atoms with Crippen molar-refractivity contribution in [3.8, 4) is 11.8 Å². The molecule has 2 aromatic rings. The minimum absolute atomic E-state index is 0.560. The van der Waals surface area contributed by atoms with Crippen molar-refractivity contribution >= 4 is 23.0 Å². The SMILES string of the molecule is CCOc1ccccc1/C=C(\C#N)c1nc(C)cs1. The molecule has 0 unspecified atom stereocenters. The van der Waals surface area contributed by atoms with Crippen molar-refractivity contribution in [1.82, 2.24) is 4.98 Å². The van der Waals surface area contributed by atoms with Gasteiger partial charge in [0, 0.05) is 16.6 Å². The Hall–Kier alpha value is -2.12. The highest BCUT2D eigenvalue weighted by molar-refractivity contribution is 7.11. The quantitative estimate of drug-likeness (QED) is 0.791. The van der Waals surface area contributed by atoms with Crippen LogP contribution in [0.3, 0.4) is 0 Å². The number of rotatable bonds is 4. The van der Waals surface area contributed by atoms with Gasteiger partial charge in [-0.2, -0.15) is 5.26 Å². The number of hydrogen-bond donors (Lipinski definition) is 0. The van der Waals surface area contributed by atoms with E-state index in [0.717, 1.165) is 22.0 Å². The molecule has 0 saturated carbocycles. The molecule has 1 aromatic heterocycles. The normalized spacial score (nSPS) is 11.1. The van der Waals surface area contributed by atoms with Crippen molar-refractivity contribution in [2.75, 3.05) is 6.61 Å². The van der Waals surface area contributed by atoms with E-state index in [4.69, 9.17) is 4.74 Å². The van der Waals surface area contributed by atoms with Gasteiger partial charge < -0.3 is 4.74 Å². The summed E-state index contributed by atoms with van der Waals surface area (Å²) < 4.78 is 5.55. The van der Waals surface area contributed by atoms with Gasteiger partial charge in [0.2, 0.25) is 0 Å². The maximum Gasteiger partial charge on any atom is 0.134 e. The Kier molecular flexibility index (Phi) is 4.32. The predicted molar refractivity (Wildman–Crippen MR) is 77.9 cm³/mol. The van der Waals surface area contributed by atoms with E-state index in [-0.39, 0.29) is 0 Å². The lowest BCUT2D eigenvalue weighted by atomic mass is 10.1. The molecule has 0 aliphatic heterocycles. The summed E-state index contributed by atoms with van der Waals surface area (Å²) in [5.74, 6) is 0.783. The zero-order valence-electron chi connectivity index (χ0n) is 10.9. The average molecular weight is 270 g/mol. The van der Waals surface area contributed by atoms with E-state index in [0.29, 0.717) is 12.2 Å². The standard InChI is InChI=1S/C15H14N2OS/c1-3-18-14-7-5-4-6-12(14)8-13(9-16)15-17-11(2)10-19-15/h4-8,10H,3H2,1-2H3/b13-8+. The van der Waals surface area contributed by atoms with Crippen LogP contribution in [0.15, 0.2) is 29.6 Å². The van der Waals surface area contributed by atoms with Gasteiger partial charge in [0.15, 0.2) is 0 Å². The number of allylic oxidation sites excluding steroid dienone is 1. The molecule has 2 rings (SSSR count). The molecular formula is C15H14N2OS. The number of aryl methyl sites for hydroxylation is 1. The smallest absolute Gasteiger partial charge is 0.134 e. The maximum absolute atomic E-state index is 9.28. The lowest BCUT2D eigenvalue weighted by Crippen LogP contribution is -1.93. The van der Waals surface area contributed by atoms with Crippen molar-refractivity contribution < 1.29 is 4.74 Å². The molecule has 0 atom stereocenters. The van der Waals surface area contributed by atoms with Crippen molar-refractivity contribution in [2.24, 2.45) is 0 Å². The van der Waals surface area contributed by atoms with E-state index in [1.54, 1.807) is 0 Å². The van der Waals surface area contributed by atoms with E-state index >= 15 is 0 Å². The molecule has 0 saturated heterocycles. The van der Waals surface area contributed by atoms with Gasteiger partial charge in [-0.25, -0.2) is 4.98 Å². The number of para-hydroxylation sites is 1. The number of nitriles is 1. The molecule has 0 N–H and O–H groups in total. The van der Waals surface area contributed by atoms with Gasteiger partial charge in [0.25, 0.3) is 0 Å². The second-order valence-corrected chi connectivity index (χ2v) is 4.79. The monoisotopic (exact) mass is 270 g/mol. The summed E-state index contributed by atoms with van der Waals surface area (Å²) in [6.45, 7) is 4.46. The van der Waals surface area contributed by atoms with E-state index < -0.39 is 0 Å². The Morgan fingerprint density at radius 1 is 1.47 bits per heavy atom. The van der Waals surface area contributed by atoms with Crippen LogP contribution in [0.1, 0.15) is 23.2 Å². The number of ether oxygens (including phenoxy) is 1. The molecule has 96 valence electrons. The second-order valence-electron chi connectivity index (χ2n) is 3.93. The summed E-state index contributed by atoms with van der Waals surface area (Å²) >= 11 is 1.48. The highest BCUT2D eigenvalue weighted by Gasteiger charge is 2.07. The fourth-order valence-corrected chi connectivity index (χ4v) is 2.42. The molecule has 0 spiro atoms. The second kappa shape index (κ2) is 6.17. The highest BCUT2D eigenvalue weighted by Crippen LogP contribution is 2.26. The van der Waals surface area contributed by atoms with E-state index in [9.17, 15) is 5.26 Å². The van der Waals surface area contributed by atoms with Gasteiger partial charge in [-0.15, -0.1) is 11.3 Å². The van der Waals surface area contributed by atoms with Crippen LogP contribution in [0, 0.1) is 18.3 Å². The van der Waals surface area contributed by atoms with Crippen LogP contribution in [0.4, 0.5) is 0 Å². The van der Waals surface area contributed by atoms with Gasteiger partial charge in [-0.1, -0.05) is 18.2 Å². The first-order chi connectivity index (χ1) is 9.24. The van der Waals surface area contributed by atoms with Gasteiger partial charge in [0.05, 0.1) is 12.2 Å². The average Bonchev–Trinajstić information content (AvgIpc) is 2.84. The minimum atomic E-state index is 0.560. The van der Waals surface area contributed by atoms with Crippen LogP contribution in [0.25, 0.3) is 11.6 Å². The van der Waals surface area contributed by atoms with Crippen LogP contribution in [-0.2, 0) is 0 Å². The van der Waals surface area contributed by atoms with Crippen LogP contribution in [-0.4, -0.2) is 11.6 Å². The summed E-state index contributed by atoms with van der Waals surface area (Å²) in [7, 11) is 0. The maximum atomic E-state index is 9.28. The van der Waals surface area contributed by atoms with Gasteiger partial charge in [0.1, 0.15) is 16.8 Å². The number of nitrogens with zero attached hydrogens (tertiary/aromatic N) is 2. The minimum Gasteiger partial charge on any atom is -0.493 e. The number of hydrogen-bond acceptors (Lipinski definition) is 4. The summed E-state index contributed by atoms with van der Waals surface area (Å²) in [6.07, 6.45) is 1.82. The first kappa shape index (κ1) is 13.3. The van der Waals surface area contributed by atoms with Gasteiger partial charge in [-0.3, -0.25) is 0 Å². The molecule has 0 fully saturated rings. The zero-order chi connectivity index (χ0) is 13.7. The van der Waals surface area contributed by atoms with Crippen molar-refractivity contribution in [2.45, 2.75) is 13.8 Å². The Morgan fingerprint density at radius 2 is 2.26 bits per heavy atom. The third-order valence-electron chi connectivity index (χ3n) is 2.49. The molecule has 1 heterocycles. The van der Waals surface area contributed by atoms with Gasteiger partial charge in [-0.05, 0) is 26.0 Å². The molecular weight excluding hydrogens is 256 g/mol. The summed E-state index contributed by atoms with van der Waals surface area (Å²) in [6, 6.07) is 9.88. The molecule has 0 radical (unpaired) electrons. The van der Waals surface area contributed by atoms with Crippen molar-refractivity contribution in [3.63, 3.8) is 0 Å². The lowest BCUT2D eigenvalue weighted by Gasteiger charge is -2.06. The van der Waals surface area contributed by atoms with Crippen LogP contribution in [0.2, 0.25) is 0 Å². The molecule has 1 aromatic carbocycles. The van der Waals surface area contributed by atoms with Crippen molar-refractivity contribution in [1.29, 1.82) is 5.26 Å². The zero-order valence-corrected chi connectivity index (χ0v) is 11.7. The number of benzene rings is 1. The van der Waals surface area contributed by atoms with E-state index in [2.05, 4.69) is 11.1 Å². The van der Waals surface area contributed by atoms with Crippen molar-refractivity contribution in [3.05, 3.63) is 45.9 Å². The number of thiazole rings is 1. The fraction of sp³-hybridized carbons (Fsp3) is 0.200. The topological polar surface area (TPSA) is 45.9 Å². The Bertz CT molecular complexity index is 638.